The first-order valence-electron chi connectivity index (χ1n) is 52.3. The number of ketones is 7. The summed E-state index contributed by atoms with van der Waals surface area (Å²) in [6.45, 7) is 48.0. The molecule has 13 aliphatic rings. The Morgan fingerprint density at radius 2 is 0.721 bits per heavy atom. The molecular formula is C120H162O27. The topological polar surface area (TPSA) is 403 Å². The number of hydrogen-bond acceptors (Lipinski definition) is 27. The Hall–Kier alpha value is -11.1. The van der Waals surface area contributed by atoms with Crippen molar-refractivity contribution in [1.29, 1.82) is 0 Å². The fourth-order valence-corrected chi connectivity index (χ4v) is 21.1. The Morgan fingerprint density at radius 1 is 0.422 bits per heavy atom. The molecule has 804 valence electrons. The van der Waals surface area contributed by atoms with Crippen molar-refractivity contribution in [2.45, 2.75) is 391 Å². The first-order valence-corrected chi connectivity index (χ1v) is 52.3. The highest BCUT2D eigenvalue weighted by Crippen LogP contribution is 2.53. The Balaban J connectivity index is 0.000000216. The SMILES string of the molecule is C/C(=C\[C@H]1OC(=O)CC12C[C@H](C)C=CC2=O)C/C=C/C(C)(C)O.C/C(=C\[C@H]1OC(=O)CC12C[C@H](C)C=CC2=O)CCC1OC1(C)C.C=C(C)C(=O)CC/C(C)=C/[C@H]1OC(=O)CC12C[C@H](C)C=CC2=O.C=C(C)C(O)CC/C(C)=C/[C@H]1OC(=O)CC12C[C@H](C)C=CC2=O.CC(C)=CCC/C(C)=C/[C@H]1OC(=O)CC12C[C@H](OC(=O)CO)C=CC2=O.CCCCCC(=O)O[C@@H]1C=CC(=O)C2(CC(=O)O[C@@H]2/C=C(\C)CCC=C(C)C)C1. The molecule has 0 radical (unpaired) electrons. The molecule has 147 heavy (non-hydrogen) atoms. The molecule has 20 atom stereocenters. The number of aliphatic hydroxyl groups is 3. The number of allylic oxidation sites excluding steroid dienone is 22. The van der Waals surface area contributed by atoms with Gasteiger partial charge in [-0.2, -0.15) is 0 Å². The van der Waals surface area contributed by atoms with Crippen LogP contribution in [0.15, 0.2) is 203 Å². The van der Waals surface area contributed by atoms with Crippen molar-refractivity contribution in [2.24, 2.45) is 56.2 Å². The Bertz CT molecular complexity index is 5420. The Kier molecular flexibility index (Phi) is 43.9. The quantitative estimate of drug-likeness (QED) is 0.0137. The zero-order chi connectivity index (χ0) is 109. The fraction of sp³-hybridized carbons (Fsp3) is 0.592. The Morgan fingerprint density at radius 3 is 1.02 bits per heavy atom. The Labute approximate surface area is 869 Å². The highest BCUT2D eigenvalue weighted by Gasteiger charge is 2.61. The largest absolute Gasteiger partial charge is 0.458 e. The summed E-state index contributed by atoms with van der Waals surface area (Å²) in [4.78, 5) is 182. The van der Waals surface area contributed by atoms with Crippen LogP contribution in [0, 0.1) is 56.2 Å². The van der Waals surface area contributed by atoms with Gasteiger partial charge in [0, 0.05) is 25.7 Å². The predicted molar refractivity (Wildman–Crippen MR) is 559 cm³/mol. The molecule has 6 aliphatic carbocycles. The zero-order valence-electron chi connectivity index (χ0n) is 90.6. The normalized spacial score (nSPS) is 31.2. The van der Waals surface area contributed by atoms with Crippen molar-refractivity contribution < 1.29 is 130 Å². The van der Waals surface area contributed by atoms with Crippen molar-refractivity contribution in [3.8, 4) is 0 Å². The minimum Gasteiger partial charge on any atom is -0.458 e. The van der Waals surface area contributed by atoms with Gasteiger partial charge in [0.2, 0.25) is 0 Å². The molecule has 7 heterocycles. The maximum Gasteiger partial charge on any atom is 0.332 e. The van der Waals surface area contributed by atoms with Gasteiger partial charge in [0.1, 0.15) is 55.4 Å². The summed E-state index contributed by atoms with van der Waals surface area (Å²) in [6, 6.07) is 0. The van der Waals surface area contributed by atoms with Crippen LogP contribution in [0.2, 0.25) is 0 Å². The van der Waals surface area contributed by atoms with Crippen molar-refractivity contribution in [3.05, 3.63) is 203 Å². The number of rotatable bonds is 33. The van der Waals surface area contributed by atoms with Crippen molar-refractivity contribution in [1.82, 2.24) is 0 Å². The third-order valence-electron chi connectivity index (χ3n) is 29.6. The van der Waals surface area contributed by atoms with Crippen molar-refractivity contribution in [3.63, 3.8) is 0 Å². The molecule has 6 spiro atoms. The van der Waals surface area contributed by atoms with Gasteiger partial charge in [-0.15, -0.1) is 0 Å². The summed E-state index contributed by atoms with van der Waals surface area (Å²) < 4.78 is 49.1. The van der Waals surface area contributed by atoms with E-state index in [0.717, 1.165) is 96.8 Å². The molecule has 0 bridgehead atoms. The van der Waals surface area contributed by atoms with Gasteiger partial charge in [0.15, 0.2) is 40.5 Å². The summed E-state index contributed by atoms with van der Waals surface area (Å²) >= 11 is 0. The van der Waals surface area contributed by atoms with E-state index >= 15 is 0 Å². The van der Waals surface area contributed by atoms with E-state index in [1.165, 1.54) is 29.4 Å². The summed E-state index contributed by atoms with van der Waals surface area (Å²) in [5.41, 5.74) is 4.21. The van der Waals surface area contributed by atoms with Crippen LogP contribution in [0.25, 0.3) is 0 Å². The maximum absolute atomic E-state index is 12.8. The molecular weight excluding hydrogens is 1870 g/mol. The zero-order valence-corrected chi connectivity index (χ0v) is 90.6. The van der Waals surface area contributed by atoms with Crippen LogP contribution in [-0.2, 0) is 115 Å². The number of ether oxygens (including phenoxy) is 9. The molecule has 7 saturated heterocycles. The average Bonchev–Trinajstić information content (AvgIpc) is 1.57. The average molecular weight is 2040 g/mol. The van der Waals surface area contributed by atoms with Crippen LogP contribution in [0.3, 0.4) is 0 Å². The first kappa shape index (κ1) is 121. The lowest BCUT2D eigenvalue weighted by Crippen LogP contribution is -2.43. The molecule has 13 rings (SSSR count). The van der Waals surface area contributed by atoms with Gasteiger partial charge in [-0.3, -0.25) is 67.1 Å². The molecule has 7 aliphatic heterocycles. The maximum atomic E-state index is 12.8. The van der Waals surface area contributed by atoms with Gasteiger partial charge >= 0.3 is 47.8 Å². The van der Waals surface area contributed by atoms with E-state index in [1.807, 2.05) is 143 Å². The van der Waals surface area contributed by atoms with Gasteiger partial charge in [-0.05, 0) is 321 Å². The van der Waals surface area contributed by atoms with E-state index < -0.39 is 112 Å². The summed E-state index contributed by atoms with van der Waals surface area (Å²) in [5.74, 6) is -2.31. The number of cyclic esters (lactones) is 6. The molecule has 27 heteroatoms. The second-order valence-electron chi connectivity index (χ2n) is 44.9. The van der Waals surface area contributed by atoms with Gasteiger partial charge in [0.05, 0.1) is 94.4 Å². The summed E-state index contributed by atoms with van der Waals surface area (Å²) in [7, 11) is 0. The van der Waals surface area contributed by atoms with E-state index in [-0.39, 0.29) is 151 Å². The molecule has 0 amide bonds. The number of carbonyl (C=O) groups is 15. The van der Waals surface area contributed by atoms with Crippen LogP contribution in [0.5, 0.6) is 0 Å². The number of unbranched alkanes of at least 4 members (excludes halogenated alkanes) is 2. The minimum absolute atomic E-state index is 0.000883. The van der Waals surface area contributed by atoms with Gasteiger partial charge in [-0.1, -0.05) is 159 Å². The smallest absolute Gasteiger partial charge is 0.332 e. The van der Waals surface area contributed by atoms with E-state index in [4.69, 9.17) is 47.7 Å². The molecule has 7 fully saturated rings. The molecule has 0 aromatic rings. The number of carbonyl (C=O) groups excluding carboxylic acids is 15. The van der Waals surface area contributed by atoms with Crippen molar-refractivity contribution >= 4 is 88.2 Å². The molecule has 0 aromatic carbocycles. The van der Waals surface area contributed by atoms with E-state index in [0.29, 0.717) is 81.8 Å². The van der Waals surface area contributed by atoms with E-state index in [2.05, 4.69) is 66.9 Å². The van der Waals surface area contributed by atoms with Crippen LogP contribution in [0.4, 0.5) is 0 Å². The van der Waals surface area contributed by atoms with Crippen LogP contribution >= 0.6 is 0 Å². The van der Waals surface area contributed by atoms with E-state index in [1.54, 1.807) is 64.2 Å². The number of Topliss-reactive ketones (excluding diaryl/α,β-unsaturated/α-hetero) is 1. The number of aliphatic hydroxyl groups excluding tert-OH is 2. The monoisotopic (exact) mass is 2040 g/mol. The molecule has 8 unspecified atom stereocenters. The number of hydrogen-bond donors (Lipinski definition) is 3. The predicted octanol–water partition coefficient (Wildman–Crippen LogP) is 20.3. The first-order chi connectivity index (χ1) is 68.9. The van der Waals surface area contributed by atoms with Gasteiger partial charge in [-0.25, -0.2) is 4.79 Å². The molecule has 0 saturated carbocycles. The van der Waals surface area contributed by atoms with E-state index in [9.17, 15) is 82.1 Å². The second-order valence-corrected chi connectivity index (χ2v) is 44.9. The lowest BCUT2D eigenvalue weighted by atomic mass is 9.67. The molecule has 0 aromatic heterocycles. The third-order valence-corrected chi connectivity index (χ3v) is 29.6. The van der Waals surface area contributed by atoms with Gasteiger partial charge in [0.25, 0.3) is 0 Å². The van der Waals surface area contributed by atoms with Crippen LogP contribution < -0.4 is 0 Å². The van der Waals surface area contributed by atoms with Crippen LogP contribution in [-0.4, -0.2) is 182 Å². The lowest BCUT2D eigenvalue weighted by molar-refractivity contribution is -0.154. The van der Waals surface area contributed by atoms with Crippen LogP contribution in [0.1, 0.15) is 319 Å². The number of esters is 8. The second kappa shape index (κ2) is 53.3. The summed E-state index contributed by atoms with van der Waals surface area (Å²) in [5, 5.41) is 28.4. The third kappa shape index (κ3) is 33.9. The molecule has 3 N–H and O–H groups in total. The fourth-order valence-electron chi connectivity index (χ4n) is 21.1. The minimum atomic E-state index is -1.05. The standard InChI is InChI=1S/C24H34O5.C20H26O6.2C19H26O4.C19H24O4.C19H26O4/c1-5-6-7-11-22(26)28-19-12-13-20(25)24(15-19)16-23(27)29-21(24)14-18(4)10-8-9-17(2)3;1-13(2)5-4-6-14(3)9-17-20(11-18(23)26-17)10-15(7-8-16(20)22)25-19(24)12-21;1-12(6-8-15-18(3,4)23-15)9-16-19(11-17(21)22-16)10-13(2)5-7-14(19)20;2*1-12(2)15(20)7-5-13(3)9-17-19(11-18(22)23-17)10-14(4)6-8-16(19)21;1-13(6-5-9-18(3,4)22)10-16-19(12-17(21)23-16)11-14(2)7-8-15(19)20/h9,12-14,19,21H,5-8,10-11,15-16H2,1-4H3;5,7-9,15,17,21H,4,6,10-12H2,1-3H3;5,7,9,13,15-16H,6,8,10-11H2,1-4H3;6,8-9,14-15,17,20H,1,5,7,10-11H2,2-4H3;6,8-9,14,17H,1,5,7,10-11H2,2-4H3;5,7-10,14,16,22H,6,11-12H2,1-4H3/b18-14+;14-9+;12-9+;2*13-9+;9-5+,13-10+/t19-,21-,24?;15-,17-,20?;13-,15?,16-,19?;14-,15?,17-,19?;14-,17-,19?;14-,16-,19?/m111111/s1. The number of epoxide rings is 1. The lowest BCUT2D eigenvalue weighted by Gasteiger charge is -2.34. The van der Waals surface area contributed by atoms with Crippen molar-refractivity contribution in [2.75, 3.05) is 6.61 Å². The highest BCUT2D eigenvalue weighted by molar-refractivity contribution is 6.05. The summed E-state index contributed by atoms with van der Waals surface area (Å²) in [6.07, 6.45) is 49.6. The highest BCUT2D eigenvalue weighted by atomic mass is 16.6. The van der Waals surface area contributed by atoms with Gasteiger partial charge < -0.3 is 58.0 Å². The molecule has 27 nitrogen and oxygen atoms in total.